The number of halogens is 1. The lowest BCUT2D eigenvalue weighted by Crippen LogP contribution is -2.61. The van der Waals surface area contributed by atoms with Crippen LogP contribution in [-0.4, -0.2) is 83.1 Å². The molecular formula is C37H54FN5O6. The van der Waals surface area contributed by atoms with E-state index in [1.165, 1.54) is 0 Å². The third kappa shape index (κ3) is 9.21. The number of rotatable bonds is 13. The zero-order chi connectivity index (χ0) is 35.7. The minimum Gasteiger partial charge on any atom is -0.417 e. The third-order valence-electron chi connectivity index (χ3n) is 10.4. The fourth-order valence-electron chi connectivity index (χ4n) is 7.19. The van der Waals surface area contributed by atoms with Crippen LogP contribution < -0.4 is 20.8 Å². The van der Waals surface area contributed by atoms with Gasteiger partial charge in [0.15, 0.2) is 12.0 Å². The number of fused-ring (bicyclic) bond motifs is 2. The molecule has 0 bridgehead atoms. The van der Waals surface area contributed by atoms with E-state index in [9.17, 15) is 28.4 Å². The van der Waals surface area contributed by atoms with Gasteiger partial charge in [-0.15, -0.1) is 0 Å². The second-order valence-corrected chi connectivity index (χ2v) is 13.9. The molecule has 2 fully saturated rings. The number of carbonyl (C=O) groups is 4. The first-order valence-electron chi connectivity index (χ1n) is 18.1. The molecule has 49 heavy (non-hydrogen) atoms. The molecule has 7 atom stereocenters. The van der Waals surface area contributed by atoms with Crippen LogP contribution in [0.1, 0.15) is 109 Å². The minimum absolute atomic E-state index is 0.117. The summed E-state index contributed by atoms with van der Waals surface area (Å²) in [6, 6.07) is -3.40. The third-order valence-corrected chi connectivity index (χ3v) is 10.4. The first-order chi connectivity index (χ1) is 23.5. The van der Waals surface area contributed by atoms with Crippen LogP contribution in [0.2, 0.25) is 0 Å². The molecule has 0 aromatic carbocycles. The van der Waals surface area contributed by atoms with E-state index in [1.54, 1.807) is 23.7 Å². The van der Waals surface area contributed by atoms with Crippen LogP contribution in [0.4, 0.5) is 4.39 Å². The maximum absolute atomic E-state index is 14.2. The van der Waals surface area contributed by atoms with Gasteiger partial charge in [0, 0.05) is 31.1 Å². The summed E-state index contributed by atoms with van der Waals surface area (Å²) in [6.07, 6.45) is 10.1. The number of allylic oxidation sites excluding steroid dienone is 1. The van der Waals surface area contributed by atoms with Crippen LogP contribution in [0.3, 0.4) is 0 Å². The fourth-order valence-corrected chi connectivity index (χ4v) is 7.19. The Kier molecular flexibility index (Phi) is 13.6. The molecule has 12 heteroatoms. The standard InChI is InChI=1S/C37H54FN5O6/c1-6-24(4)34-32(22-44)42-18-12-11-15-30(42)37(48)39-28(14-10-8-9-13-27(38)33(45)7-2)35(46)40-29(36(47)41-34)20-25-21-43(49-5)31-19-23(3)16-17-26(25)31/h16-17,21,23-24,27-30,34H,6-15,18-20H2,1-5H3,(H,39,48)(H,40,46)(H,41,47)/t23?,24?,27?,28?,29-,30?,34-/m0/s1. The van der Waals surface area contributed by atoms with E-state index in [4.69, 9.17) is 4.84 Å². The number of carbonyl (C=O) groups excluding carboxylic acids is 5. The number of hydrogen-bond donors (Lipinski definition) is 3. The highest BCUT2D eigenvalue weighted by atomic mass is 19.1. The van der Waals surface area contributed by atoms with Crippen molar-refractivity contribution >= 4 is 35.5 Å². The lowest BCUT2D eigenvalue weighted by molar-refractivity contribution is -0.135. The highest BCUT2D eigenvalue weighted by Crippen LogP contribution is 2.30. The predicted octanol–water partition coefficient (Wildman–Crippen LogP) is 3.65. The van der Waals surface area contributed by atoms with E-state index in [0.717, 1.165) is 36.1 Å². The molecule has 4 rings (SSSR count). The van der Waals surface area contributed by atoms with Crippen molar-refractivity contribution in [2.24, 2.45) is 11.8 Å². The zero-order valence-electron chi connectivity index (χ0n) is 29.7. The molecule has 1 aliphatic carbocycles. The maximum atomic E-state index is 14.2. The van der Waals surface area contributed by atoms with E-state index in [2.05, 4.69) is 34.9 Å². The number of hydrogen-bond acceptors (Lipinski definition) is 7. The number of alkyl halides is 1. The molecule has 0 radical (unpaired) electrons. The molecule has 0 spiro atoms. The van der Waals surface area contributed by atoms with E-state index in [1.807, 2.05) is 26.1 Å². The van der Waals surface area contributed by atoms with E-state index < -0.39 is 47.9 Å². The summed E-state index contributed by atoms with van der Waals surface area (Å²) < 4.78 is 15.8. The predicted molar refractivity (Wildman–Crippen MR) is 185 cm³/mol. The Morgan fingerprint density at radius 3 is 2.49 bits per heavy atom. The Labute approximate surface area is 289 Å². The average Bonchev–Trinajstić information content (AvgIpc) is 3.45. The molecule has 3 N–H and O–H groups in total. The van der Waals surface area contributed by atoms with Crippen LogP contribution in [0.25, 0.3) is 6.08 Å². The number of aromatic nitrogens is 1. The molecule has 1 aromatic heterocycles. The van der Waals surface area contributed by atoms with Crippen LogP contribution >= 0.6 is 0 Å². The fraction of sp³-hybridized carbons (Fsp3) is 0.676. The Balaban J connectivity index is 1.66. The topological polar surface area (TPSA) is 139 Å². The highest BCUT2D eigenvalue weighted by Gasteiger charge is 2.40. The summed E-state index contributed by atoms with van der Waals surface area (Å²) in [5.41, 5.74) is 2.98. The summed E-state index contributed by atoms with van der Waals surface area (Å²) in [7, 11) is 1.58. The van der Waals surface area contributed by atoms with Crippen molar-refractivity contribution in [2.75, 3.05) is 13.7 Å². The van der Waals surface area contributed by atoms with Crippen molar-refractivity contribution < 1.29 is 33.2 Å². The first kappa shape index (κ1) is 37.9. The van der Waals surface area contributed by atoms with Gasteiger partial charge in [-0.1, -0.05) is 65.5 Å². The monoisotopic (exact) mass is 683 g/mol. The molecule has 3 aliphatic rings. The Bertz CT molecular complexity index is 1430. The Hall–Kier alpha value is -3.92. The van der Waals surface area contributed by atoms with E-state index >= 15 is 0 Å². The number of ketones is 1. The molecular weight excluding hydrogens is 629 g/mol. The molecule has 1 aromatic rings. The van der Waals surface area contributed by atoms with Crippen molar-refractivity contribution in [1.82, 2.24) is 25.6 Å². The van der Waals surface area contributed by atoms with Gasteiger partial charge in [-0.05, 0) is 55.9 Å². The molecule has 5 unspecified atom stereocenters. The van der Waals surface area contributed by atoms with E-state index in [-0.39, 0.29) is 43.2 Å². The molecule has 270 valence electrons. The maximum Gasteiger partial charge on any atom is 0.243 e. The number of piperidine rings is 1. The van der Waals surface area contributed by atoms with Crippen LogP contribution in [-0.2, 0) is 36.8 Å². The zero-order valence-corrected chi connectivity index (χ0v) is 29.7. The molecule has 3 amide bonds. The van der Waals surface area contributed by atoms with Crippen molar-refractivity contribution in [3.05, 3.63) is 34.8 Å². The molecule has 2 aliphatic heterocycles. The van der Waals surface area contributed by atoms with Gasteiger partial charge in [0.2, 0.25) is 17.7 Å². The second-order valence-electron chi connectivity index (χ2n) is 13.9. The first-order valence-corrected chi connectivity index (χ1v) is 18.1. The average molecular weight is 684 g/mol. The van der Waals surface area contributed by atoms with Crippen molar-refractivity contribution in [2.45, 2.75) is 135 Å². The smallest absolute Gasteiger partial charge is 0.243 e. The van der Waals surface area contributed by atoms with Gasteiger partial charge in [-0.25, -0.2) is 9.18 Å². The van der Waals surface area contributed by atoms with Gasteiger partial charge < -0.3 is 25.7 Å². The summed E-state index contributed by atoms with van der Waals surface area (Å²) >= 11 is 0. The van der Waals surface area contributed by atoms with Crippen molar-refractivity contribution in [3.8, 4) is 0 Å². The van der Waals surface area contributed by atoms with Gasteiger partial charge in [0.1, 0.15) is 36.9 Å². The number of nitrogens with one attached hydrogen (secondary N) is 3. The van der Waals surface area contributed by atoms with Gasteiger partial charge in [-0.2, -0.15) is 4.73 Å². The van der Waals surface area contributed by atoms with Crippen LogP contribution in [0.15, 0.2) is 18.0 Å². The lowest BCUT2D eigenvalue weighted by atomic mass is 9.90. The molecule has 0 saturated carbocycles. The quantitative estimate of drug-likeness (QED) is 0.213. The van der Waals surface area contributed by atoms with E-state index in [0.29, 0.717) is 44.6 Å². The Morgan fingerprint density at radius 1 is 1.06 bits per heavy atom. The minimum atomic E-state index is -1.50. The molecule has 3 heterocycles. The lowest BCUT2D eigenvalue weighted by Gasteiger charge is -2.41. The number of Topliss-reactive ketones (excluding diaryl/α,β-unsaturated/α-hetero) is 1. The molecule has 11 nitrogen and oxygen atoms in total. The van der Waals surface area contributed by atoms with Crippen molar-refractivity contribution in [1.29, 1.82) is 0 Å². The molecule has 2 saturated heterocycles. The van der Waals surface area contributed by atoms with Gasteiger partial charge in [-0.3, -0.25) is 19.2 Å². The Morgan fingerprint density at radius 2 is 1.80 bits per heavy atom. The number of nitrogens with zero attached hydrogens (tertiary/aromatic N) is 2. The summed E-state index contributed by atoms with van der Waals surface area (Å²) in [4.78, 5) is 73.9. The summed E-state index contributed by atoms with van der Waals surface area (Å²) in [6.45, 7) is 8.12. The van der Waals surface area contributed by atoms with Gasteiger partial charge >= 0.3 is 0 Å². The largest absolute Gasteiger partial charge is 0.417 e. The summed E-state index contributed by atoms with van der Waals surface area (Å²) in [5, 5.41) is 8.98. The van der Waals surface area contributed by atoms with Gasteiger partial charge in [0.25, 0.3) is 0 Å². The van der Waals surface area contributed by atoms with Gasteiger partial charge in [0.05, 0.1) is 11.7 Å². The number of amides is 3. The van der Waals surface area contributed by atoms with Crippen LogP contribution in [0, 0.1) is 11.8 Å². The normalized spacial score (nSPS) is 25.8. The second kappa shape index (κ2) is 17.7. The number of unbranched alkanes of at least 4 members (excludes halogenated alkanes) is 2. The van der Waals surface area contributed by atoms with Crippen LogP contribution in [0.5, 0.6) is 0 Å². The summed E-state index contributed by atoms with van der Waals surface area (Å²) in [5.74, 6) is 0.552. The van der Waals surface area contributed by atoms with Crippen molar-refractivity contribution in [3.63, 3.8) is 0 Å². The SMILES string of the molecule is CCC(=O)C(F)CCCCCC1NC(=O)C2CCCCN2C(=C=O)[C@H](C(C)CC)NC(=O)[C@H](Cc2cn(OC)c3c2C=CC(C)C3)NC1=O. The highest BCUT2D eigenvalue weighted by molar-refractivity contribution is 5.94.